The summed E-state index contributed by atoms with van der Waals surface area (Å²) in [6.45, 7) is 5.44. The van der Waals surface area contributed by atoms with Gasteiger partial charge < -0.3 is 5.32 Å². The summed E-state index contributed by atoms with van der Waals surface area (Å²) in [5.74, 6) is 1.54. The van der Waals surface area contributed by atoms with Gasteiger partial charge in [-0.25, -0.2) is 0 Å². The molecule has 0 aliphatic heterocycles. The third-order valence-electron chi connectivity index (χ3n) is 4.59. The zero-order chi connectivity index (χ0) is 14.7. The predicted molar refractivity (Wildman–Crippen MR) is 89.6 cm³/mol. The van der Waals surface area contributed by atoms with Gasteiger partial charge in [0.05, 0.1) is 0 Å². The van der Waals surface area contributed by atoms with Crippen molar-refractivity contribution >= 4 is 0 Å². The van der Waals surface area contributed by atoms with Gasteiger partial charge in [-0.1, -0.05) is 67.1 Å². The maximum atomic E-state index is 3.71. The Kier molecular flexibility index (Phi) is 4.40. The van der Waals surface area contributed by atoms with Crippen molar-refractivity contribution in [3.05, 3.63) is 71.3 Å². The standard InChI is InChI=1S/C20H25N/c1-3-21-20(13-16-9-7-8-15(2)12-16)19-14-18(19)17-10-5-4-6-11-17/h4-12,18-21H,3,13-14H2,1-2H3. The third kappa shape index (κ3) is 3.54. The number of likely N-dealkylation sites (N-methyl/N-ethyl adjacent to an activating group) is 1. The molecule has 2 aromatic carbocycles. The minimum Gasteiger partial charge on any atom is -0.314 e. The van der Waals surface area contributed by atoms with Crippen LogP contribution in [0, 0.1) is 12.8 Å². The van der Waals surface area contributed by atoms with E-state index in [1.165, 1.54) is 23.1 Å². The Bertz CT molecular complexity index is 575. The molecule has 0 saturated heterocycles. The van der Waals surface area contributed by atoms with Crippen molar-refractivity contribution < 1.29 is 0 Å². The minimum atomic E-state index is 0.599. The van der Waals surface area contributed by atoms with Gasteiger partial charge in [0.15, 0.2) is 0 Å². The van der Waals surface area contributed by atoms with Crippen molar-refractivity contribution in [1.82, 2.24) is 5.32 Å². The number of aryl methyl sites for hydroxylation is 1. The van der Waals surface area contributed by atoms with E-state index >= 15 is 0 Å². The summed E-state index contributed by atoms with van der Waals surface area (Å²) in [6.07, 6.45) is 2.47. The third-order valence-corrected chi connectivity index (χ3v) is 4.59. The van der Waals surface area contributed by atoms with Crippen LogP contribution in [-0.4, -0.2) is 12.6 Å². The Morgan fingerprint density at radius 2 is 1.90 bits per heavy atom. The van der Waals surface area contributed by atoms with Crippen molar-refractivity contribution in [3.63, 3.8) is 0 Å². The first-order valence-electron chi connectivity index (χ1n) is 8.12. The normalized spacial score (nSPS) is 22.0. The minimum absolute atomic E-state index is 0.599. The molecule has 0 heterocycles. The topological polar surface area (TPSA) is 12.0 Å². The molecule has 0 spiro atoms. The van der Waals surface area contributed by atoms with E-state index in [4.69, 9.17) is 0 Å². The van der Waals surface area contributed by atoms with E-state index < -0.39 is 0 Å². The van der Waals surface area contributed by atoms with Crippen LogP contribution >= 0.6 is 0 Å². The molecule has 3 rings (SSSR count). The molecule has 1 N–H and O–H groups in total. The van der Waals surface area contributed by atoms with Crippen molar-refractivity contribution in [2.45, 2.75) is 38.6 Å². The summed E-state index contributed by atoms with van der Waals surface area (Å²) in [7, 11) is 0. The second kappa shape index (κ2) is 6.44. The van der Waals surface area contributed by atoms with E-state index in [1.807, 2.05) is 0 Å². The highest BCUT2D eigenvalue weighted by Gasteiger charge is 2.43. The molecule has 1 saturated carbocycles. The zero-order valence-electron chi connectivity index (χ0n) is 13.0. The van der Waals surface area contributed by atoms with Crippen LogP contribution in [0.4, 0.5) is 0 Å². The van der Waals surface area contributed by atoms with E-state index in [2.05, 4.69) is 73.8 Å². The van der Waals surface area contributed by atoms with E-state index in [9.17, 15) is 0 Å². The summed E-state index contributed by atoms with van der Waals surface area (Å²) in [5.41, 5.74) is 4.33. The fourth-order valence-corrected chi connectivity index (χ4v) is 3.47. The summed E-state index contributed by atoms with van der Waals surface area (Å²) >= 11 is 0. The molecular weight excluding hydrogens is 254 g/mol. The van der Waals surface area contributed by atoms with Crippen LogP contribution in [0.2, 0.25) is 0 Å². The summed E-state index contributed by atoms with van der Waals surface area (Å²) < 4.78 is 0. The zero-order valence-corrected chi connectivity index (χ0v) is 13.0. The molecule has 1 aliphatic carbocycles. The molecule has 1 aliphatic rings. The summed E-state index contributed by atoms with van der Waals surface area (Å²) in [6, 6.07) is 20.5. The monoisotopic (exact) mass is 279 g/mol. The van der Waals surface area contributed by atoms with Crippen LogP contribution < -0.4 is 5.32 Å². The van der Waals surface area contributed by atoms with Gasteiger partial charge in [-0.2, -0.15) is 0 Å². The summed E-state index contributed by atoms with van der Waals surface area (Å²) in [4.78, 5) is 0. The molecule has 0 bridgehead atoms. The molecule has 0 radical (unpaired) electrons. The van der Waals surface area contributed by atoms with Gasteiger partial charge in [0, 0.05) is 6.04 Å². The lowest BCUT2D eigenvalue weighted by Crippen LogP contribution is -2.33. The summed E-state index contributed by atoms with van der Waals surface area (Å²) in [5, 5.41) is 3.71. The fourth-order valence-electron chi connectivity index (χ4n) is 3.47. The maximum Gasteiger partial charge on any atom is 0.0142 e. The Hall–Kier alpha value is -1.60. The Morgan fingerprint density at radius 3 is 2.62 bits per heavy atom. The first kappa shape index (κ1) is 14.3. The van der Waals surface area contributed by atoms with Gasteiger partial charge in [0.2, 0.25) is 0 Å². The Morgan fingerprint density at radius 1 is 1.10 bits per heavy atom. The first-order valence-corrected chi connectivity index (χ1v) is 8.12. The van der Waals surface area contributed by atoms with Gasteiger partial charge in [-0.3, -0.25) is 0 Å². The van der Waals surface area contributed by atoms with E-state index in [-0.39, 0.29) is 0 Å². The Labute approximate surface area is 128 Å². The fraction of sp³-hybridized carbons (Fsp3) is 0.400. The van der Waals surface area contributed by atoms with Gasteiger partial charge in [-0.05, 0) is 49.3 Å². The smallest absolute Gasteiger partial charge is 0.0142 e. The highest BCUT2D eigenvalue weighted by atomic mass is 14.9. The van der Waals surface area contributed by atoms with Crippen LogP contribution in [0.3, 0.4) is 0 Å². The van der Waals surface area contributed by atoms with E-state index in [0.29, 0.717) is 6.04 Å². The largest absolute Gasteiger partial charge is 0.314 e. The molecule has 1 heteroatoms. The lowest BCUT2D eigenvalue weighted by molar-refractivity contribution is 0.464. The van der Waals surface area contributed by atoms with Crippen molar-refractivity contribution in [2.24, 2.45) is 5.92 Å². The second-order valence-electron chi connectivity index (χ2n) is 6.27. The van der Waals surface area contributed by atoms with Gasteiger partial charge in [0.1, 0.15) is 0 Å². The molecule has 3 atom stereocenters. The average Bonchev–Trinajstić information content (AvgIpc) is 3.28. The van der Waals surface area contributed by atoms with Gasteiger partial charge in [-0.15, -0.1) is 0 Å². The average molecular weight is 279 g/mol. The highest BCUT2D eigenvalue weighted by molar-refractivity contribution is 5.28. The van der Waals surface area contributed by atoms with E-state index in [1.54, 1.807) is 0 Å². The molecule has 0 amide bonds. The molecular formula is C20H25N. The SMILES string of the molecule is CCNC(Cc1cccc(C)c1)C1CC1c1ccccc1. The first-order chi connectivity index (χ1) is 10.3. The van der Waals surface area contributed by atoms with Crippen molar-refractivity contribution in [2.75, 3.05) is 6.54 Å². The number of benzene rings is 2. The molecule has 0 aromatic heterocycles. The number of rotatable bonds is 6. The van der Waals surface area contributed by atoms with Crippen LogP contribution in [0.5, 0.6) is 0 Å². The van der Waals surface area contributed by atoms with Crippen LogP contribution in [0.1, 0.15) is 36.0 Å². The molecule has 110 valence electrons. The lowest BCUT2D eigenvalue weighted by atomic mass is 9.98. The molecule has 21 heavy (non-hydrogen) atoms. The number of nitrogens with one attached hydrogen (secondary N) is 1. The second-order valence-corrected chi connectivity index (χ2v) is 6.27. The predicted octanol–water partition coefficient (Wildman–Crippen LogP) is 4.32. The molecule has 3 unspecified atom stereocenters. The van der Waals surface area contributed by atoms with Crippen LogP contribution in [-0.2, 0) is 6.42 Å². The van der Waals surface area contributed by atoms with Crippen LogP contribution in [0.25, 0.3) is 0 Å². The molecule has 2 aromatic rings. The number of hydrogen-bond donors (Lipinski definition) is 1. The van der Waals surface area contributed by atoms with Gasteiger partial charge >= 0.3 is 0 Å². The maximum absolute atomic E-state index is 3.71. The van der Waals surface area contributed by atoms with Crippen molar-refractivity contribution in [1.29, 1.82) is 0 Å². The molecule has 1 nitrogen and oxygen atoms in total. The van der Waals surface area contributed by atoms with Crippen molar-refractivity contribution in [3.8, 4) is 0 Å². The van der Waals surface area contributed by atoms with Crippen LogP contribution in [0.15, 0.2) is 54.6 Å². The Balaban J connectivity index is 1.69. The lowest BCUT2D eigenvalue weighted by Gasteiger charge is -2.18. The van der Waals surface area contributed by atoms with Gasteiger partial charge in [0.25, 0.3) is 0 Å². The quantitative estimate of drug-likeness (QED) is 0.830. The van der Waals surface area contributed by atoms with E-state index in [0.717, 1.165) is 24.8 Å². The molecule has 1 fully saturated rings. The number of hydrogen-bond acceptors (Lipinski definition) is 1. The highest BCUT2D eigenvalue weighted by Crippen LogP contribution is 2.50.